The zero-order valence-corrected chi connectivity index (χ0v) is 23.0. The van der Waals surface area contributed by atoms with Crippen molar-refractivity contribution in [3.05, 3.63) is 124 Å². The zero-order valence-electron chi connectivity index (χ0n) is 23.0. The molecule has 2 aliphatic rings. The normalized spacial score (nSPS) is 16.4. The van der Waals surface area contributed by atoms with Crippen LogP contribution in [0.3, 0.4) is 0 Å². The molecule has 1 aliphatic heterocycles. The molecule has 2 amide bonds. The molecule has 3 aromatic carbocycles. The Morgan fingerprint density at radius 1 is 0.975 bits per heavy atom. The van der Waals surface area contributed by atoms with E-state index in [-0.39, 0.29) is 36.1 Å². The standard InChI is InChI=1S/C34H34N2O4/c1-23-7-6-10-27(19-23)32-30-20-28(14-13-25(30)17-18-36(32)33(37)26-11-12-26)39-22-29-15-16-31(40-29)34(38)35(2)21-24-8-4-3-5-9-24/h3-10,13-16,19-20,26,32H,11-12,17-18,21-22H2,1-2H3/t32-/m0/s1. The summed E-state index contributed by atoms with van der Waals surface area (Å²) in [6, 6.07) is 27.8. The first-order valence-electron chi connectivity index (χ1n) is 14.0. The second-order valence-electron chi connectivity index (χ2n) is 10.9. The van der Waals surface area contributed by atoms with Crippen molar-refractivity contribution in [2.45, 2.75) is 45.4 Å². The van der Waals surface area contributed by atoms with E-state index in [0.717, 1.165) is 42.5 Å². The highest BCUT2D eigenvalue weighted by molar-refractivity contribution is 5.91. The summed E-state index contributed by atoms with van der Waals surface area (Å²) < 4.78 is 12.0. The fourth-order valence-electron chi connectivity index (χ4n) is 5.53. The number of furan rings is 1. The Morgan fingerprint density at radius 2 is 1.80 bits per heavy atom. The van der Waals surface area contributed by atoms with E-state index in [4.69, 9.17) is 9.15 Å². The summed E-state index contributed by atoms with van der Waals surface area (Å²) in [5.41, 5.74) is 5.71. The minimum absolute atomic E-state index is 0.131. The van der Waals surface area contributed by atoms with Crippen molar-refractivity contribution < 1.29 is 18.7 Å². The summed E-state index contributed by atoms with van der Waals surface area (Å²) in [4.78, 5) is 29.9. The van der Waals surface area contributed by atoms with E-state index in [1.165, 1.54) is 11.1 Å². The first-order valence-corrected chi connectivity index (χ1v) is 14.0. The third-order valence-electron chi connectivity index (χ3n) is 7.78. The Bertz CT molecular complexity index is 1520. The van der Waals surface area contributed by atoms with Gasteiger partial charge >= 0.3 is 0 Å². The summed E-state index contributed by atoms with van der Waals surface area (Å²) in [5.74, 6) is 1.82. The molecule has 0 unspecified atom stereocenters. The summed E-state index contributed by atoms with van der Waals surface area (Å²) in [7, 11) is 1.77. The number of aryl methyl sites for hydroxylation is 1. The first-order chi connectivity index (χ1) is 19.5. The Labute approximate surface area is 235 Å². The van der Waals surface area contributed by atoms with E-state index in [2.05, 4.69) is 48.2 Å². The highest BCUT2D eigenvalue weighted by Gasteiger charge is 2.39. The molecule has 1 aliphatic carbocycles. The smallest absolute Gasteiger partial charge is 0.289 e. The second kappa shape index (κ2) is 11.0. The maximum absolute atomic E-state index is 13.3. The van der Waals surface area contributed by atoms with Gasteiger partial charge in [0.1, 0.15) is 18.1 Å². The molecule has 1 aromatic heterocycles. The number of hydrogen-bond donors (Lipinski definition) is 0. The number of amides is 2. The highest BCUT2D eigenvalue weighted by atomic mass is 16.5. The van der Waals surface area contributed by atoms with E-state index in [0.29, 0.717) is 18.1 Å². The van der Waals surface area contributed by atoms with Crippen LogP contribution in [0.5, 0.6) is 5.75 Å². The Morgan fingerprint density at radius 3 is 2.58 bits per heavy atom. The molecule has 6 heteroatoms. The van der Waals surface area contributed by atoms with Gasteiger partial charge < -0.3 is 19.0 Å². The molecule has 2 heterocycles. The molecule has 40 heavy (non-hydrogen) atoms. The lowest BCUT2D eigenvalue weighted by atomic mass is 9.87. The van der Waals surface area contributed by atoms with Crippen LogP contribution in [0.15, 0.2) is 89.3 Å². The molecule has 1 fully saturated rings. The monoisotopic (exact) mass is 534 g/mol. The van der Waals surface area contributed by atoms with Gasteiger partial charge in [-0.25, -0.2) is 0 Å². The van der Waals surface area contributed by atoms with Crippen molar-refractivity contribution in [3.8, 4) is 5.75 Å². The molecular formula is C34H34N2O4. The summed E-state index contributed by atoms with van der Waals surface area (Å²) >= 11 is 0. The van der Waals surface area contributed by atoms with Crippen LogP contribution >= 0.6 is 0 Å². The average molecular weight is 535 g/mol. The van der Waals surface area contributed by atoms with Gasteiger partial charge in [0.05, 0.1) is 6.04 Å². The average Bonchev–Trinajstić information content (AvgIpc) is 3.72. The van der Waals surface area contributed by atoms with E-state index < -0.39 is 0 Å². The summed E-state index contributed by atoms with van der Waals surface area (Å²) in [6.45, 7) is 3.52. The minimum Gasteiger partial charge on any atom is -0.486 e. The number of nitrogens with zero attached hydrogens (tertiary/aromatic N) is 2. The van der Waals surface area contributed by atoms with Crippen molar-refractivity contribution >= 4 is 11.8 Å². The van der Waals surface area contributed by atoms with Gasteiger partial charge in [-0.05, 0) is 72.7 Å². The van der Waals surface area contributed by atoms with Crippen molar-refractivity contribution in [3.63, 3.8) is 0 Å². The Balaban J connectivity index is 1.18. The van der Waals surface area contributed by atoms with Gasteiger partial charge in [-0.3, -0.25) is 9.59 Å². The molecule has 0 spiro atoms. The van der Waals surface area contributed by atoms with Crippen molar-refractivity contribution in [1.82, 2.24) is 9.80 Å². The molecule has 1 saturated carbocycles. The third kappa shape index (κ3) is 5.53. The van der Waals surface area contributed by atoms with Crippen LogP contribution in [0.4, 0.5) is 0 Å². The number of rotatable bonds is 8. The van der Waals surface area contributed by atoms with Crippen LogP contribution in [-0.2, 0) is 24.4 Å². The summed E-state index contributed by atoms with van der Waals surface area (Å²) in [6.07, 6.45) is 2.81. The summed E-state index contributed by atoms with van der Waals surface area (Å²) in [5, 5.41) is 0. The van der Waals surface area contributed by atoms with Crippen LogP contribution in [-0.4, -0.2) is 35.2 Å². The van der Waals surface area contributed by atoms with Crippen LogP contribution in [0.2, 0.25) is 0 Å². The molecule has 6 nitrogen and oxygen atoms in total. The highest BCUT2D eigenvalue weighted by Crippen LogP contribution is 2.41. The van der Waals surface area contributed by atoms with Crippen LogP contribution in [0, 0.1) is 12.8 Å². The minimum atomic E-state index is -0.176. The molecular weight excluding hydrogens is 500 g/mol. The second-order valence-corrected chi connectivity index (χ2v) is 10.9. The largest absolute Gasteiger partial charge is 0.486 e. The van der Waals surface area contributed by atoms with Crippen molar-refractivity contribution in [1.29, 1.82) is 0 Å². The zero-order chi connectivity index (χ0) is 27.6. The van der Waals surface area contributed by atoms with E-state index in [9.17, 15) is 9.59 Å². The van der Waals surface area contributed by atoms with Crippen molar-refractivity contribution in [2.24, 2.45) is 5.92 Å². The maximum Gasteiger partial charge on any atom is 0.289 e. The van der Waals surface area contributed by atoms with Crippen LogP contribution in [0.1, 0.15) is 63.0 Å². The molecule has 1 atom stereocenters. The molecule has 4 aromatic rings. The molecule has 0 radical (unpaired) electrons. The fourth-order valence-corrected chi connectivity index (χ4v) is 5.53. The van der Waals surface area contributed by atoms with Gasteiger partial charge in [0.25, 0.3) is 5.91 Å². The van der Waals surface area contributed by atoms with Gasteiger partial charge in [-0.1, -0.05) is 66.2 Å². The predicted molar refractivity (Wildman–Crippen MR) is 153 cm³/mol. The lowest BCUT2D eigenvalue weighted by molar-refractivity contribution is -0.134. The lowest BCUT2D eigenvalue weighted by Crippen LogP contribution is -2.41. The van der Waals surface area contributed by atoms with Gasteiger partial charge in [0, 0.05) is 26.1 Å². The number of hydrogen-bond acceptors (Lipinski definition) is 4. The van der Waals surface area contributed by atoms with E-state index >= 15 is 0 Å². The van der Waals surface area contributed by atoms with Crippen LogP contribution in [0.25, 0.3) is 0 Å². The number of carbonyl (C=O) groups excluding carboxylic acids is 2. The molecule has 0 N–H and O–H groups in total. The third-order valence-corrected chi connectivity index (χ3v) is 7.78. The fraction of sp³-hybridized carbons (Fsp3) is 0.294. The predicted octanol–water partition coefficient (Wildman–Crippen LogP) is 6.32. The first kappa shape index (κ1) is 25.9. The molecule has 204 valence electrons. The Kier molecular flexibility index (Phi) is 7.16. The van der Waals surface area contributed by atoms with Crippen LogP contribution < -0.4 is 4.74 Å². The number of ether oxygens (including phenoxy) is 1. The number of benzene rings is 3. The quantitative estimate of drug-likeness (QED) is 0.265. The SMILES string of the molecule is Cc1cccc([C@H]2c3cc(OCc4ccc(C(=O)N(C)Cc5ccccc5)o4)ccc3CCN2C(=O)C2CC2)c1. The van der Waals surface area contributed by atoms with Gasteiger partial charge in [0.2, 0.25) is 5.91 Å². The lowest BCUT2D eigenvalue weighted by Gasteiger charge is -2.38. The topological polar surface area (TPSA) is 63.0 Å². The molecule has 0 saturated heterocycles. The van der Waals surface area contributed by atoms with Crippen molar-refractivity contribution in [2.75, 3.05) is 13.6 Å². The molecule has 6 rings (SSSR count). The Hall–Kier alpha value is -4.32. The van der Waals surface area contributed by atoms with Gasteiger partial charge in [-0.2, -0.15) is 0 Å². The van der Waals surface area contributed by atoms with E-state index in [1.54, 1.807) is 24.1 Å². The van der Waals surface area contributed by atoms with E-state index in [1.807, 2.05) is 36.4 Å². The maximum atomic E-state index is 13.3. The number of fused-ring (bicyclic) bond motifs is 1. The number of carbonyl (C=O) groups is 2. The van der Waals surface area contributed by atoms with Gasteiger partial charge in [0.15, 0.2) is 5.76 Å². The molecule has 0 bridgehead atoms. The van der Waals surface area contributed by atoms with Gasteiger partial charge in [-0.15, -0.1) is 0 Å².